The summed E-state index contributed by atoms with van der Waals surface area (Å²) >= 11 is 0. The molecule has 1 aromatic rings. The zero-order chi connectivity index (χ0) is 11.8. The summed E-state index contributed by atoms with van der Waals surface area (Å²) in [5, 5.41) is 0. The highest BCUT2D eigenvalue weighted by atomic mass is 16.5. The van der Waals surface area contributed by atoms with Crippen molar-refractivity contribution in [3.8, 4) is 0 Å². The van der Waals surface area contributed by atoms with Crippen molar-refractivity contribution < 1.29 is 9.53 Å². The molecule has 1 rings (SSSR count). The number of rotatable bonds is 5. The molecule has 0 saturated carbocycles. The molecule has 86 valence electrons. The first-order valence-electron chi connectivity index (χ1n) is 5.12. The maximum atomic E-state index is 10.7. The minimum Gasteiger partial charge on any atom is -0.466 e. The van der Waals surface area contributed by atoms with Crippen LogP contribution in [0.4, 0.5) is 0 Å². The lowest BCUT2D eigenvalue weighted by Crippen LogP contribution is -2.00. The molecule has 1 aromatic heterocycles. The molecule has 0 saturated heterocycles. The fraction of sp³-hybridized carbons (Fsp3) is 0.333. The Labute approximate surface area is 95.3 Å². The number of nitrogens with zero attached hydrogens (tertiary/aromatic N) is 2. The van der Waals surface area contributed by atoms with Crippen LogP contribution >= 0.6 is 0 Å². The predicted molar refractivity (Wildman–Crippen MR) is 61.9 cm³/mol. The lowest BCUT2D eigenvalue weighted by Gasteiger charge is -2.09. The Morgan fingerprint density at radius 3 is 3.00 bits per heavy atom. The summed E-state index contributed by atoms with van der Waals surface area (Å²) in [6, 6.07) is 0.366. The molecule has 0 fully saturated rings. The van der Waals surface area contributed by atoms with Crippen LogP contribution in [0.3, 0.4) is 0 Å². The Morgan fingerprint density at radius 1 is 1.56 bits per heavy atom. The van der Waals surface area contributed by atoms with Gasteiger partial charge in [-0.15, -0.1) is 0 Å². The highest BCUT2D eigenvalue weighted by molar-refractivity contribution is 5.82. The van der Waals surface area contributed by atoms with Gasteiger partial charge in [0.1, 0.15) is 0 Å². The quantitative estimate of drug-likeness (QED) is 0.433. The first-order chi connectivity index (χ1) is 7.74. The average molecular weight is 220 g/mol. The molecule has 1 heterocycles. The van der Waals surface area contributed by atoms with Crippen LogP contribution in [-0.2, 0) is 9.53 Å². The smallest absolute Gasteiger partial charge is 0.330 e. The standard InChI is InChI=1S/C12H16N2O2/c1-11(14-9-8-13-10-14)6-4-3-5-7-12(15)16-2/h3-5,7-11H,6H2,1-2H3/b4-3+,7-5+. The van der Waals surface area contributed by atoms with E-state index in [2.05, 4.69) is 16.6 Å². The number of hydrogen-bond donors (Lipinski definition) is 0. The number of carbonyl (C=O) groups excluding carboxylic acids is 1. The third kappa shape index (κ3) is 4.13. The Balaban J connectivity index is 2.32. The zero-order valence-corrected chi connectivity index (χ0v) is 9.54. The number of carbonyl (C=O) groups is 1. The zero-order valence-electron chi connectivity index (χ0n) is 9.54. The molecule has 1 atom stereocenters. The molecule has 16 heavy (non-hydrogen) atoms. The summed E-state index contributed by atoms with van der Waals surface area (Å²) in [6.45, 7) is 2.11. The van der Waals surface area contributed by atoms with Gasteiger partial charge in [0.05, 0.1) is 13.4 Å². The topological polar surface area (TPSA) is 44.1 Å². The fourth-order valence-electron chi connectivity index (χ4n) is 1.21. The van der Waals surface area contributed by atoms with Gasteiger partial charge in [0.25, 0.3) is 0 Å². The van der Waals surface area contributed by atoms with Crippen LogP contribution in [0.5, 0.6) is 0 Å². The second kappa shape index (κ2) is 6.61. The molecule has 0 spiro atoms. The van der Waals surface area contributed by atoms with Crippen LogP contribution in [-0.4, -0.2) is 22.6 Å². The van der Waals surface area contributed by atoms with Crippen molar-refractivity contribution in [3.05, 3.63) is 43.0 Å². The number of esters is 1. The molecule has 0 bridgehead atoms. The van der Waals surface area contributed by atoms with Crippen LogP contribution in [0.15, 0.2) is 43.0 Å². The SMILES string of the molecule is COC(=O)/C=C/C=C/CC(C)n1ccnc1. The minimum absolute atomic E-state index is 0.340. The van der Waals surface area contributed by atoms with Gasteiger partial charge in [0.2, 0.25) is 0 Å². The van der Waals surface area contributed by atoms with Crippen molar-refractivity contribution in [3.63, 3.8) is 0 Å². The van der Waals surface area contributed by atoms with Crippen LogP contribution in [0.2, 0.25) is 0 Å². The molecule has 0 radical (unpaired) electrons. The van der Waals surface area contributed by atoms with Gasteiger partial charge in [0.15, 0.2) is 0 Å². The Morgan fingerprint density at radius 2 is 2.38 bits per heavy atom. The van der Waals surface area contributed by atoms with Gasteiger partial charge in [-0.05, 0) is 13.3 Å². The van der Waals surface area contributed by atoms with E-state index in [1.54, 1.807) is 18.6 Å². The van der Waals surface area contributed by atoms with E-state index in [4.69, 9.17) is 0 Å². The number of hydrogen-bond acceptors (Lipinski definition) is 3. The molecule has 0 amide bonds. The van der Waals surface area contributed by atoms with E-state index in [-0.39, 0.29) is 5.97 Å². The highest BCUT2D eigenvalue weighted by Crippen LogP contribution is 2.09. The summed E-state index contributed by atoms with van der Waals surface area (Å²) < 4.78 is 6.50. The van der Waals surface area contributed by atoms with E-state index in [0.717, 1.165) is 6.42 Å². The maximum absolute atomic E-state index is 10.7. The van der Waals surface area contributed by atoms with Crippen molar-refractivity contribution >= 4 is 5.97 Å². The van der Waals surface area contributed by atoms with Gasteiger partial charge in [-0.3, -0.25) is 0 Å². The maximum Gasteiger partial charge on any atom is 0.330 e. The Kier molecular flexibility index (Phi) is 5.05. The van der Waals surface area contributed by atoms with E-state index < -0.39 is 0 Å². The minimum atomic E-state index is -0.340. The summed E-state index contributed by atoms with van der Waals surface area (Å²) in [6.07, 6.45) is 13.3. The van der Waals surface area contributed by atoms with E-state index in [1.807, 2.05) is 22.9 Å². The van der Waals surface area contributed by atoms with E-state index in [1.165, 1.54) is 13.2 Å². The molecule has 1 unspecified atom stereocenters. The largest absolute Gasteiger partial charge is 0.466 e. The predicted octanol–water partition coefficient (Wildman–Crippen LogP) is 2.12. The molecular formula is C12H16N2O2. The van der Waals surface area contributed by atoms with Crippen LogP contribution in [0, 0.1) is 0 Å². The Bertz CT molecular complexity index is 366. The molecule has 0 aliphatic heterocycles. The van der Waals surface area contributed by atoms with Crippen molar-refractivity contribution in [1.82, 2.24) is 9.55 Å². The van der Waals surface area contributed by atoms with E-state index in [0.29, 0.717) is 6.04 Å². The lowest BCUT2D eigenvalue weighted by molar-refractivity contribution is -0.134. The molecule has 0 N–H and O–H groups in total. The van der Waals surface area contributed by atoms with Gasteiger partial charge in [-0.1, -0.05) is 18.2 Å². The van der Waals surface area contributed by atoms with Crippen LogP contribution < -0.4 is 0 Å². The summed E-state index contributed by atoms with van der Waals surface area (Å²) in [5.74, 6) is -0.340. The monoisotopic (exact) mass is 220 g/mol. The van der Waals surface area contributed by atoms with Gasteiger partial charge in [-0.25, -0.2) is 9.78 Å². The Hall–Kier alpha value is -1.84. The van der Waals surface area contributed by atoms with Crippen LogP contribution in [0.1, 0.15) is 19.4 Å². The summed E-state index contributed by atoms with van der Waals surface area (Å²) in [5.41, 5.74) is 0. The van der Waals surface area contributed by atoms with Gasteiger partial charge >= 0.3 is 5.97 Å². The number of aromatic nitrogens is 2. The number of methoxy groups -OCH3 is 1. The second-order valence-corrected chi connectivity index (χ2v) is 3.41. The van der Waals surface area contributed by atoms with Gasteiger partial charge < -0.3 is 9.30 Å². The number of allylic oxidation sites excluding steroid dienone is 3. The first-order valence-corrected chi connectivity index (χ1v) is 5.12. The highest BCUT2D eigenvalue weighted by Gasteiger charge is 1.99. The van der Waals surface area contributed by atoms with Gasteiger partial charge in [-0.2, -0.15) is 0 Å². The van der Waals surface area contributed by atoms with Crippen molar-refractivity contribution in [2.24, 2.45) is 0 Å². The number of ether oxygens (including phenoxy) is 1. The normalized spacial score (nSPS) is 13.4. The molecule has 4 nitrogen and oxygen atoms in total. The van der Waals surface area contributed by atoms with E-state index >= 15 is 0 Å². The molecule has 0 aliphatic rings. The van der Waals surface area contributed by atoms with Crippen molar-refractivity contribution in [1.29, 1.82) is 0 Å². The third-order valence-corrected chi connectivity index (χ3v) is 2.19. The first kappa shape index (κ1) is 12.2. The fourth-order valence-corrected chi connectivity index (χ4v) is 1.21. The number of imidazole rings is 1. The second-order valence-electron chi connectivity index (χ2n) is 3.41. The third-order valence-electron chi connectivity index (χ3n) is 2.19. The van der Waals surface area contributed by atoms with Crippen molar-refractivity contribution in [2.45, 2.75) is 19.4 Å². The molecule has 0 aliphatic carbocycles. The lowest BCUT2D eigenvalue weighted by atomic mass is 10.2. The van der Waals surface area contributed by atoms with Crippen LogP contribution in [0.25, 0.3) is 0 Å². The molecule has 0 aromatic carbocycles. The average Bonchev–Trinajstić information content (AvgIpc) is 2.81. The van der Waals surface area contributed by atoms with Gasteiger partial charge in [0, 0.05) is 24.5 Å². The molecule has 4 heteroatoms. The summed E-state index contributed by atoms with van der Waals surface area (Å²) in [4.78, 5) is 14.7. The summed E-state index contributed by atoms with van der Waals surface area (Å²) in [7, 11) is 1.36. The van der Waals surface area contributed by atoms with Crippen molar-refractivity contribution in [2.75, 3.05) is 7.11 Å². The molecular weight excluding hydrogens is 204 g/mol. The van der Waals surface area contributed by atoms with E-state index in [9.17, 15) is 4.79 Å².